The monoisotopic (exact) mass is 195 g/mol. The van der Waals surface area contributed by atoms with Crippen molar-refractivity contribution in [2.45, 2.75) is 37.9 Å². The minimum Gasteiger partial charge on any atom is -0.328 e. The predicted molar refractivity (Wildman–Crippen MR) is 53.5 cm³/mol. The van der Waals surface area contributed by atoms with Gasteiger partial charge in [0.2, 0.25) is 0 Å². The predicted octanol–water partition coefficient (Wildman–Crippen LogP) is -0.215. The average Bonchev–Trinajstić information content (AvgIpc) is 2.72. The molecule has 0 spiro atoms. The van der Waals surface area contributed by atoms with E-state index in [0.29, 0.717) is 12.1 Å². The minimum absolute atomic E-state index is 0.381. The molecule has 2 rings (SSSR count). The third-order valence-corrected chi connectivity index (χ3v) is 2.83. The lowest BCUT2D eigenvalue weighted by atomic mass is 10.2. The number of aromatic nitrogens is 3. The van der Waals surface area contributed by atoms with Crippen molar-refractivity contribution in [1.82, 2.24) is 20.1 Å². The molecule has 5 heteroatoms. The van der Waals surface area contributed by atoms with Gasteiger partial charge in [-0.15, -0.1) is 10.2 Å². The number of nitrogens with zero attached hydrogens (tertiary/aromatic N) is 3. The molecular weight excluding hydrogens is 178 g/mol. The largest absolute Gasteiger partial charge is 0.328 e. The Morgan fingerprint density at radius 3 is 3.07 bits per heavy atom. The van der Waals surface area contributed by atoms with Crippen molar-refractivity contribution in [3.63, 3.8) is 0 Å². The maximum Gasteiger partial charge on any atom is 0.146 e. The summed E-state index contributed by atoms with van der Waals surface area (Å²) in [7, 11) is 1.96. The van der Waals surface area contributed by atoms with Gasteiger partial charge >= 0.3 is 0 Å². The van der Waals surface area contributed by atoms with Gasteiger partial charge in [-0.25, -0.2) is 0 Å². The molecule has 2 unspecified atom stereocenters. The highest BCUT2D eigenvalue weighted by Crippen LogP contribution is 2.17. The highest BCUT2D eigenvalue weighted by atomic mass is 15.3. The molecule has 0 amide bonds. The van der Waals surface area contributed by atoms with Crippen molar-refractivity contribution in [3.8, 4) is 0 Å². The van der Waals surface area contributed by atoms with Crippen molar-refractivity contribution >= 4 is 0 Å². The van der Waals surface area contributed by atoms with Gasteiger partial charge in [-0.1, -0.05) is 0 Å². The van der Waals surface area contributed by atoms with Crippen LogP contribution >= 0.6 is 0 Å². The van der Waals surface area contributed by atoms with Gasteiger partial charge in [-0.3, -0.25) is 0 Å². The molecule has 1 aromatic rings. The van der Waals surface area contributed by atoms with E-state index in [1.54, 1.807) is 6.33 Å². The standard InChI is InChI=1S/C9H17N5/c1-14-6-12-13-9(14)5-11-8-3-2-7(10)4-8/h6-8,11H,2-5,10H2,1H3. The summed E-state index contributed by atoms with van der Waals surface area (Å²) in [5.74, 6) is 0.977. The molecule has 5 nitrogen and oxygen atoms in total. The molecule has 1 saturated carbocycles. The fraction of sp³-hybridized carbons (Fsp3) is 0.778. The lowest BCUT2D eigenvalue weighted by Gasteiger charge is -2.11. The molecule has 1 aromatic heterocycles. The van der Waals surface area contributed by atoms with Crippen LogP contribution in [0.4, 0.5) is 0 Å². The topological polar surface area (TPSA) is 68.8 Å². The van der Waals surface area contributed by atoms with Gasteiger partial charge in [-0.05, 0) is 19.3 Å². The SMILES string of the molecule is Cn1cnnc1CNC1CCC(N)C1. The van der Waals surface area contributed by atoms with Crippen LogP contribution in [0.25, 0.3) is 0 Å². The lowest BCUT2D eigenvalue weighted by Crippen LogP contribution is -2.28. The van der Waals surface area contributed by atoms with Gasteiger partial charge in [0.1, 0.15) is 12.2 Å². The van der Waals surface area contributed by atoms with Crippen molar-refractivity contribution in [2.75, 3.05) is 0 Å². The second-order valence-corrected chi connectivity index (χ2v) is 4.01. The smallest absolute Gasteiger partial charge is 0.146 e. The molecule has 1 aliphatic carbocycles. The number of aryl methyl sites for hydroxylation is 1. The molecule has 0 aliphatic heterocycles. The number of nitrogens with two attached hydrogens (primary N) is 1. The zero-order chi connectivity index (χ0) is 9.97. The summed E-state index contributed by atoms with van der Waals surface area (Å²) < 4.78 is 1.93. The quantitative estimate of drug-likeness (QED) is 0.700. The molecule has 1 fully saturated rings. The first kappa shape index (κ1) is 9.61. The summed E-state index contributed by atoms with van der Waals surface area (Å²) in [4.78, 5) is 0. The Morgan fingerprint density at radius 1 is 1.64 bits per heavy atom. The molecule has 1 heterocycles. The van der Waals surface area contributed by atoms with E-state index in [9.17, 15) is 0 Å². The molecule has 0 saturated heterocycles. The van der Waals surface area contributed by atoms with Gasteiger partial charge in [0.05, 0.1) is 6.54 Å². The Labute approximate surface area is 83.7 Å². The third kappa shape index (κ3) is 2.10. The number of hydrogen-bond donors (Lipinski definition) is 2. The van der Waals surface area contributed by atoms with Crippen LogP contribution in [0.3, 0.4) is 0 Å². The summed E-state index contributed by atoms with van der Waals surface area (Å²) >= 11 is 0. The second kappa shape index (κ2) is 4.06. The number of rotatable bonds is 3. The molecule has 2 atom stereocenters. The number of hydrogen-bond acceptors (Lipinski definition) is 4. The van der Waals surface area contributed by atoms with Crippen LogP contribution < -0.4 is 11.1 Å². The Bertz CT molecular complexity index is 295. The van der Waals surface area contributed by atoms with Crippen LogP contribution in [0.15, 0.2) is 6.33 Å². The summed E-state index contributed by atoms with van der Waals surface area (Å²) in [5, 5.41) is 11.3. The lowest BCUT2D eigenvalue weighted by molar-refractivity contribution is 0.500. The Morgan fingerprint density at radius 2 is 2.50 bits per heavy atom. The van der Waals surface area contributed by atoms with Crippen molar-refractivity contribution in [1.29, 1.82) is 0 Å². The highest BCUT2D eigenvalue weighted by Gasteiger charge is 2.21. The zero-order valence-electron chi connectivity index (χ0n) is 8.48. The van der Waals surface area contributed by atoms with Crippen LogP contribution in [0.1, 0.15) is 25.1 Å². The van der Waals surface area contributed by atoms with Crippen molar-refractivity contribution in [2.24, 2.45) is 12.8 Å². The summed E-state index contributed by atoms with van der Waals surface area (Å²) in [6.07, 6.45) is 5.12. The normalized spacial score (nSPS) is 27.0. The van der Waals surface area contributed by atoms with Gasteiger partial charge in [0, 0.05) is 19.1 Å². The van der Waals surface area contributed by atoms with Crippen LogP contribution in [-0.2, 0) is 13.6 Å². The van der Waals surface area contributed by atoms with E-state index < -0.39 is 0 Å². The molecule has 0 radical (unpaired) electrons. The third-order valence-electron chi connectivity index (χ3n) is 2.83. The van der Waals surface area contributed by atoms with Crippen molar-refractivity contribution in [3.05, 3.63) is 12.2 Å². The molecule has 0 aromatic carbocycles. The first-order chi connectivity index (χ1) is 6.75. The molecule has 14 heavy (non-hydrogen) atoms. The Hall–Kier alpha value is -0.940. The van der Waals surface area contributed by atoms with Gasteiger partial charge in [0.25, 0.3) is 0 Å². The van der Waals surface area contributed by atoms with Crippen molar-refractivity contribution < 1.29 is 0 Å². The first-order valence-electron chi connectivity index (χ1n) is 5.07. The van der Waals surface area contributed by atoms with E-state index in [-0.39, 0.29) is 0 Å². The average molecular weight is 195 g/mol. The number of nitrogens with one attached hydrogen (secondary N) is 1. The summed E-state index contributed by atoms with van der Waals surface area (Å²) in [6.45, 7) is 0.786. The van der Waals surface area contributed by atoms with E-state index in [0.717, 1.165) is 25.2 Å². The van der Waals surface area contributed by atoms with E-state index >= 15 is 0 Å². The van der Waals surface area contributed by atoms with Gasteiger partial charge in [0.15, 0.2) is 0 Å². The Kier molecular flexibility index (Phi) is 2.79. The molecule has 1 aliphatic rings. The van der Waals surface area contributed by atoms with Crippen LogP contribution in [0.5, 0.6) is 0 Å². The second-order valence-electron chi connectivity index (χ2n) is 4.01. The van der Waals surface area contributed by atoms with E-state index in [2.05, 4.69) is 15.5 Å². The zero-order valence-corrected chi connectivity index (χ0v) is 8.48. The summed E-state index contributed by atoms with van der Waals surface area (Å²) in [6, 6.07) is 0.939. The Balaban J connectivity index is 1.80. The van der Waals surface area contributed by atoms with E-state index in [1.165, 1.54) is 6.42 Å². The summed E-state index contributed by atoms with van der Waals surface area (Å²) in [5.41, 5.74) is 5.83. The van der Waals surface area contributed by atoms with Crippen LogP contribution in [0, 0.1) is 0 Å². The molecule has 0 bridgehead atoms. The van der Waals surface area contributed by atoms with Gasteiger partial charge in [-0.2, -0.15) is 0 Å². The maximum absolute atomic E-state index is 5.83. The minimum atomic E-state index is 0.381. The molecule has 78 valence electrons. The first-order valence-corrected chi connectivity index (χ1v) is 5.07. The fourth-order valence-electron chi connectivity index (χ4n) is 1.90. The maximum atomic E-state index is 5.83. The molecular formula is C9H17N5. The molecule has 3 N–H and O–H groups in total. The van der Waals surface area contributed by atoms with E-state index in [4.69, 9.17) is 5.73 Å². The van der Waals surface area contributed by atoms with Crippen LogP contribution in [0.2, 0.25) is 0 Å². The van der Waals surface area contributed by atoms with Crippen LogP contribution in [-0.4, -0.2) is 26.8 Å². The van der Waals surface area contributed by atoms with Gasteiger partial charge < -0.3 is 15.6 Å². The van der Waals surface area contributed by atoms with E-state index in [1.807, 2.05) is 11.6 Å². The fourth-order valence-corrected chi connectivity index (χ4v) is 1.90. The highest BCUT2D eigenvalue weighted by molar-refractivity contribution is 4.88.